The number of nitrogens with one attached hydrogen (secondary N) is 1. The number of rotatable bonds is 6. The van der Waals surface area contributed by atoms with Crippen LogP contribution in [0.4, 0.5) is 0 Å². The normalized spacial score (nSPS) is 10.2. The van der Waals surface area contributed by atoms with Crippen molar-refractivity contribution in [3.05, 3.63) is 30.1 Å². The molecule has 2 nitrogen and oxygen atoms in total. The lowest BCUT2D eigenvalue weighted by Gasteiger charge is -2.02. The first-order chi connectivity index (χ1) is 6.43. The maximum Gasteiger partial charge on any atom is 0.0541 e. The van der Waals surface area contributed by atoms with Crippen molar-refractivity contribution in [2.24, 2.45) is 0 Å². The van der Waals surface area contributed by atoms with Gasteiger partial charge < -0.3 is 5.32 Å². The van der Waals surface area contributed by atoms with Gasteiger partial charge in [-0.25, -0.2) is 0 Å². The highest BCUT2D eigenvalue weighted by atomic mass is 127. The molecule has 0 aliphatic heterocycles. The van der Waals surface area contributed by atoms with Crippen LogP contribution in [0.5, 0.6) is 0 Å². The molecule has 1 aromatic rings. The molecule has 0 unspecified atom stereocenters. The van der Waals surface area contributed by atoms with Crippen molar-refractivity contribution in [2.75, 3.05) is 11.0 Å². The summed E-state index contributed by atoms with van der Waals surface area (Å²) in [6.45, 7) is 1.99. The van der Waals surface area contributed by atoms with Gasteiger partial charge in [-0.2, -0.15) is 0 Å². The Bertz CT molecular complexity index is 213. The number of alkyl halides is 1. The summed E-state index contributed by atoms with van der Waals surface area (Å²) < 4.78 is 1.25. The van der Waals surface area contributed by atoms with E-state index in [4.69, 9.17) is 0 Å². The minimum Gasteiger partial charge on any atom is -0.311 e. The van der Waals surface area contributed by atoms with Gasteiger partial charge in [-0.1, -0.05) is 28.7 Å². The van der Waals surface area contributed by atoms with Crippen molar-refractivity contribution in [3.63, 3.8) is 0 Å². The van der Waals surface area contributed by atoms with Gasteiger partial charge in [0.15, 0.2) is 0 Å². The van der Waals surface area contributed by atoms with E-state index in [9.17, 15) is 0 Å². The molecule has 1 aromatic heterocycles. The molecule has 0 fully saturated rings. The quantitative estimate of drug-likeness (QED) is 0.494. The van der Waals surface area contributed by atoms with Crippen molar-refractivity contribution >= 4 is 22.6 Å². The summed E-state index contributed by atoms with van der Waals surface area (Å²) in [6, 6.07) is 6.01. The molecular weight excluding hydrogens is 275 g/mol. The molecule has 0 saturated heterocycles. The predicted molar refractivity (Wildman–Crippen MR) is 64.1 cm³/mol. The van der Waals surface area contributed by atoms with Crippen molar-refractivity contribution in [2.45, 2.75) is 19.4 Å². The molecule has 0 aromatic carbocycles. The van der Waals surface area contributed by atoms with Crippen molar-refractivity contribution in [1.82, 2.24) is 10.3 Å². The maximum absolute atomic E-state index is 4.23. The molecule has 0 aliphatic rings. The second-order valence-corrected chi connectivity index (χ2v) is 3.97. The molecule has 72 valence electrons. The van der Waals surface area contributed by atoms with E-state index in [2.05, 4.69) is 32.9 Å². The van der Waals surface area contributed by atoms with Crippen LogP contribution >= 0.6 is 22.6 Å². The summed E-state index contributed by atoms with van der Waals surface area (Å²) in [4.78, 5) is 4.23. The largest absolute Gasteiger partial charge is 0.311 e. The summed E-state index contributed by atoms with van der Waals surface area (Å²) >= 11 is 2.41. The first-order valence-electron chi connectivity index (χ1n) is 4.60. The van der Waals surface area contributed by atoms with Gasteiger partial charge in [0.1, 0.15) is 0 Å². The monoisotopic (exact) mass is 290 g/mol. The lowest BCUT2D eigenvalue weighted by molar-refractivity contribution is 0.637. The van der Waals surface area contributed by atoms with E-state index in [0.29, 0.717) is 0 Å². The van der Waals surface area contributed by atoms with Gasteiger partial charge in [-0.15, -0.1) is 0 Å². The van der Waals surface area contributed by atoms with Gasteiger partial charge in [0.25, 0.3) is 0 Å². The Morgan fingerprint density at radius 1 is 1.31 bits per heavy atom. The van der Waals surface area contributed by atoms with Crippen LogP contribution in [-0.4, -0.2) is 16.0 Å². The molecule has 1 heterocycles. The van der Waals surface area contributed by atoms with Gasteiger partial charge >= 0.3 is 0 Å². The van der Waals surface area contributed by atoms with E-state index in [-0.39, 0.29) is 0 Å². The smallest absolute Gasteiger partial charge is 0.0541 e. The zero-order chi connectivity index (χ0) is 9.36. The first kappa shape index (κ1) is 10.9. The molecule has 3 heteroatoms. The Kier molecular flexibility index (Phi) is 6.10. The Hall–Kier alpha value is -0.160. The first-order valence-corrected chi connectivity index (χ1v) is 6.12. The van der Waals surface area contributed by atoms with Crippen LogP contribution in [0.3, 0.4) is 0 Å². The number of halogens is 1. The van der Waals surface area contributed by atoms with Crippen LogP contribution in [0.1, 0.15) is 18.5 Å². The minimum absolute atomic E-state index is 0.891. The lowest BCUT2D eigenvalue weighted by Crippen LogP contribution is -2.15. The number of unbranched alkanes of at least 4 members (excludes halogenated alkanes) is 1. The van der Waals surface area contributed by atoms with Crippen LogP contribution < -0.4 is 5.32 Å². The van der Waals surface area contributed by atoms with E-state index in [1.54, 1.807) is 0 Å². The van der Waals surface area contributed by atoms with Crippen molar-refractivity contribution in [3.8, 4) is 0 Å². The molecule has 1 rings (SSSR count). The van der Waals surface area contributed by atoms with Crippen LogP contribution in [0.15, 0.2) is 24.4 Å². The average Bonchev–Trinajstić information content (AvgIpc) is 2.19. The molecule has 0 amide bonds. The molecule has 0 aliphatic carbocycles. The Morgan fingerprint density at radius 2 is 2.23 bits per heavy atom. The van der Waals surface area contributed by atoms with Crippen molar-refractivity contribution < 1.29 is 0 Å². The summed E-state index contributed by atoms with van der Waals surface area (Å²) in [5.74, 6) is 0. The number of hydrogen-bond acceptors (Lipinski definition) is 2. The molecule has 0 atom stereocenters. The maximum atomic E-state index is 4.23. The van der Waals surface area contributed by atoms with Gasteiger partial charge in [-0.05, 0) is 35.9 Å². The van der Waals surface area contributed by atoms with Crippen LogP contribution in [0.2, 0.25) is 0 Å². The number of pyridine rings is 1. The van der Waals surface area contributed by atoms with Crippen LogP contribution in [-0.2, 0) is 6.54 Å². The lowest BCUT2D eigenvalue weighted by atomic mass is 10.3. The van der Waals surface area contributed by atoms with Gasteiger partial charge in [0.05, 0.1) is 5.69 Å². The fourth-order valence-corrected chi connectivity index (χ4v) is 1.60. The summed E-state index contributed by atoms with van der Waals surface area (Å²) in [5, 5.41) is 3.37. The average molecular weight is 290 g/mol. The minimum atomic E-state index is 0.891. The predicted octanol–water partition coefficient (Wildman–Crippen LogP) is 2.39. The molecule has 0 radical (unpaired) electrons. The van der Waals surface area contributed by atoms with E-state index in [1.165, 1.54) is 17.3 Å². The van der Waals surface area contributed by atoms with E-state index < -0.39 is 0 Å². The Morgan fingerprint density at radius 3 is 2.92 bits per heavy atom. The second-order valence-electron chi connectivity index (χ2n) is 2.89. The third-order valence-electron chi connectivity index (χ3n) is 1.77. The highest BCUT2D eigenvalue weighted by Crippen LogP contribution is 1.94. The highest BCUT2D eigenvalue weighted by molar-refractivity contribution is 14.1. The fraction of sp³-hybridized carbons (Fsp3) is 0.500. The van der Waals surface area contributed by atoms with E-state index in [1.807, 2.05) is 24.4 Å². The summed E-state index contributed by atoms with van der Waals surface area (Å²) in [5.41, 5.74) is 1.12. The molecular formula is C10H15IN2. The zero-order valence-corrected chi connectivity index (χ0v) is 9.83. The molecule has 1 N–H and O–H groups in total. The van der Waals surface area contributed by atoms with Crippen LogP contribution in [0, 0.1) is 0 Å². The summed E-state index contributed by atoms with van der Waals surface area (Å²) in [7, 11) is 0. The number of hydrogen-bond donors (Lipinski definition) is 1. The third-order valence-corrected chi connectivity index (χ3v) is 2.53. The standard InChI is InChI=1S/C10H15IN2/c11-6-2-4-7-12-9-10-5-1-3-8-13-10/h1,3,5,8,12H,2,4,6-7,9H2. The topological polar surface area (TPSA) is 24.9 Å². The van der Waals surface area contributed by atoms with Crippen LogP contribution in [0.25, 0.3) is 0 Å². The Labute approximate surface area is 93.3 Å². The van der Waals surface area contributed by atoms with Gasteiger partial charge in [-0.3, -0.25) is 4.98 Å². The molecule has 13 heavy (non-hydrogen) atoms. The Balaban J connectivity index is 2.07. The highest BCUT2D eigenvalue weighted by Gasteiger charge is 1.91. The second kappa shape index (κ2) is 7.26. The third kappa shape index (κ3) is 5.21. The molecule has 0 bridgehead atoms. The summed E-state index contributed by atoms with van der Waals surface area (Å²) in [6.07, 6.45) is 4.40. The van der Waals surface area contributed by atoms with E-state index >= 15 is 0 Å². The van der Waals surface area contributed by atoms with Crippen molar-refractivity contribution in [1.29, 1.82) is 0 Å². The number of aromatic nitrogens is 1. The van der Waals surface area contributed by atoms with Gasteiger partial charge in [0.2, 0.25) is 0 Å². The fourth-order valence-electron chi connectivity index (χ4n) is 1.06. The SMILES string of the molecule is ICCCCNCc1ccccn1. The molecule has 0 spiro atoms. The number of nitrogens with zero attached hydrogens (tertiary/aromatic N) is 1. The molecule has 0 saturated carbocycles. The van der Waals surface area contributed by atoms with Gasteiger partial charge in [0, 0.05) is 12.7 Å². The zero-order valence-electron chi connectivity index (χ0n) is 7.67. The van der Waals surface area contributed by atoms with E-state index in [0.717, 1.165) is 18.8 Å².